The molecule has 1 unspecified atom stereocenters. The van der Waals surface area contributed by atoms with Crippen molar-refractivity contribution in [2.45, 2.75) is 44.7 Å². The molecule has 128 valence electrons. The number of nitrogens with zero attached hydrogens (tertiary/aromatic N) is 3. The molecule has 2 fully saturated rings. The van der Waals surface area contributed by atoms with Gasteiger partial charge < -0.3 is 4.90 Å². The largest absolute Gasteiger partial charge is 0.348 e. The number of aromatic nitrogens is 1. The summed E-state index contributed by atoms with van der Waals surface area (Å²) in [5.74, 6) is -0.201. The van der Waals surface area contributed by atoms with Crippen LogP contribution in [0, 0.1) is 5.82 Å². The Balaban J connectivity index is 1.40. The molecule has 24 heavy (non-hydrogen) atoms. The molecule has 1 aromatic carbocycles. The lowest BCUT2D eigenvalue weighted by molar-refractivity contribution is 0.163. The summed E-state index contributed by atoms with van der Waals surface area (Å²) < 4.78 is 13.1. The van der Waals surface area contributed by atoms with E-state index in [0.29, 0.717) is 0 Å². The third kappa shape index (κ3) is 3.20. The van der Waals surface area contributed by atoms with Gasteiger partial charge >= 0.3 is 0 Å². The quantitative estimate of drug-likeness (QED) is 0.822. The van der Waals surface area contributed by atoms with Crippen LogP contribution in [0.2, 0.25) is 0 Å². The first-order valence-corrected chi connectivity index (χ1v) is 9.81. The van der Waals surface area contributed by atoms with Gasteiger partial charge in [-0.15, -0.1) is 11.3 Å². The van der Waals surface area contributed by atoms with Crippen LogP contribution in [-0.2, 0) is 0 Å². The third-order valence-corrected chi connectivity index (χ3v) is 6.34. The van der Waals surface area contributed by atoms with Gasteiger partial charge in [-0.25, -0.2) is 9.37 Å². The monoisotopic (exact) mass is 345 g/mol. The summed E-state index contributed by atoms with van der Waals surface area (Å²) >= 11 is 1.70. The lowest BCUT2D eigenvalue weighted by Gasteiger charge is -2.38. The van der Waals surface area contributed by atoms with Crippen LogP contribution in [0.15, 0.2) is 29.6 Å². The zero-order chi connectivity index (χ0) is 16.5. The van der Waals surface area contributed by atoms with E-state index in [9.17, 15) is 4.39 Å². The Morgan fingerprint density at radius 3 is 2.50 bits per heavy atom. The number of thiazole rings is 1. The van der Waals surface area contributed by atoms with E-state index in [-0.39, 0.29) is 5.82 Å². The van der Waals surface area contributed by atoms with Gasteiger partial charge in [0.05, 0.1) is 5.69 Å². The number of anilines is 1. The predicted molar refractivity (Wildman–Crippen MR) is 98.1 cm³/mol. The molecule has 1 atom stereocenters. The molecule has 2 aromatic rings. The van der Waals surface area contributed by atoms with Gasteiger partial charge in [-0.05, 0) is 63.4 Å². The Kier molecular flexibility index (Phi) is 4.55. The Bertz CT molecular complexity index is 676. The van der Waals surface area contributed by atoms with E-state index in [1.807, 2.05) is 0 Å². The lowest BCUT2D eigenvalue weighted by Crippen LogP contribution is -2.46. The second-order valence-electron chi connectivity index (χ2n) is 6.97. The molecule has 2 saturated heterocycles. The number of hydrogen-bond acceptors (Lipinski definition) is 4. The highest BCUT2D eigenvalue weighted by Crippen LogP contribution is 2.31. The topological polar surface area (TPSA) is 19.4 Å². The van der Waals surface area contributed by atoms with Crippen LogP contribution in [0.5, 0.6) is 0 Å². The van der Waals surface area contributed by atoms with Crippen LogP contribution < -0.4 is 4.90 Å². The van der Waals surface area contributed by atoms with Crippen molar-refractivity contribution >= 4 is 16.5 Å². The zero-order valence-electron chi connectivity index (χ0n) is 14.1. The molecule has 0 saturated carbocycles. The van der Waals surface area contributed by atoms with Crippen LogP contribution >= 0.6 is 11.3 Å². The molecule has 0 bridgehead atoms. The van der Waals surface area contributed by atoms with Crippen LogP contribution in [0.3, 0.4) is 0 Å². The van der Waals surface area contributed by atoms with Gasteiger partial charge in [0, 0.05) is 36.1 Å². The molecule has 0 N–H and O–H groups in total. The van der Waals surface area contributed by atoms with E-state index in [0.717, 1.165) is 41.6 Å². The molecule has 0 radical (unpaired) electrons. The molecule has 3 heterocycles. The second kappa shape index (κ2) is 6.81. The fourth-order valence-electron chi connectivity index (χ4n) is 4.05. The van der Waals surface area contributed by atoms with Gasteiger partial charge in [-0.1, -0.05) is 0 Å². The molecule has 4 rings (SSSR count). The van der Waals surface area contributed by atoms with Gasteiger partial charge in [0.2, 0.25) is 0 Å². The number of rotatable bonds is 3. The number of benzene rings is 1. The van der Waals surface area contributed by atoms with Crippen LogP contribution in [0.1, 0.15) is 32.6 Å². The van der Waals surface area contributed by atoms with Crippen molar-refractivity contribution < 1.29 is 4.39 Å². The van der Waals surface area contributed by atoms with Gasteiger partial charge in [-0.2, -0.15) is 0 Å². The predicted octanol–water partition coefficient (Wildman–Crippen LogP) is 4.40. The maximum Gasteiger partial charge on any atom is 0.185 e. The number of halogens is 1. The summed E-state index contributed by atoms with van der Waals surface area (Å²) in [4.78, 5) is 9.90. The molecule has 5 heteroatoms. The standard InChI is InChI=1S/C19H24FN3S/c1-14-3-2-10-23(14)17-8-11-22(12-9-17)19-21-18(13-24-19)15-4-6-16(20)7-5-15/h4-7,13-14,17H,2-3,8-12H2,1H3. The summed E-state index contributed by atoms with van der Waals surface area (Å²) in [6.07, 6.45) is 5.17. The number of likely N-dealkylation sites (tertiary alicyclic amines) is 1. The minimum Gasteiger partial charge on any atom is -0.348 e. The van der Waals surface area contributed by atoms with Gasteiger partial charge in [0.1, 0.15) is 5.82 Å². The third-order valence-electron chi connectivity index (χ3n) is 5.44. The molecule has 0 aliphatic carbocycles. The van der Waals surface area contributed by atoms with E-state index in [2.05, 4.69) is 22.1 Å². The lowest BCUT2D eigenvalue weighted by atomic mass is 10.0. The molecule has 2 aliphatic rings. The highest BCUT2D eigenvalue weighted by Gasteiger charge is 2.31. The summed E-state index contributed by atoms with van der Waals surface area (Å²) in [5.41, 5.74) is 1.94. The Hall–Kier alpha value is -1.46. The molecule has 1 aromatic heterocycles. The maximum atomic E-state index is 13.1. The average Bonchev–Trinajstić information content (AvgIpc) is 3.25. The summed E-state index contributed by atoms with van der Waals surface area (Å²) in [6.45, 7) is 5.82. The molecular formula is C19H24FN3S. The Labute approximate surface area is 147 Å². The van der Waals surface area contributed by atoms with Crippen LogP contribution in [0.25, 0.3) is 11.3 Å². The van der Waals surface area contributed by atoms with Crippen molar-refractivity contribution in [1.29, 1.82) is 0 Å². The highest BCUT2D eigenvalue weighted by atomic mass is 32.1. The molecule has 2 aliphatic heterocycles. The van der Waals surface area contributed by atoms with Crippen molar-refractivity contribution in [3.63, 3.8) is 0 Å². The van der Waals surface area contributed by atoms with E-state index in [4.69, 9.17) is 4.98 Å². The minimum atomic E-state index is -0.201. The van der Waals surface area contributed by atoms with Crippen molar-refractivity contribution in [2.24, 2.45) is 0 Å². The van der Waals surface area contributed by atoms with Gasteiger partial charge in [0.25, 0.3) is 0 Å². The van der Waals surface area contributed by atoms with E-state index >= 15 is 0 Å². The zero-order valence-corrected chi connectivity index (χ0v) is 14.9. The first kappa shape index (κ1) is 16.0. The van der Waals surface area contributed by atoms with E-state index in [1.165, 1.54) is 44.4 Å². The first-order valence-electron chi connectivity index (χ1n) is 8.93. The molecule has 0 spiro atoms. The van der Waals surface area contributed by atoms with Crippen molar-refractivity contribution in [3.8, 4) is 11.3 Å². The van der Waals surface area contributed by atoms with Gasteiger partial charge in [-0.3, -0.25) is 4.90 Å². The maximum absolute atomic E-state index is 13.1. The first-order chi connectivity index (χ1) is 11.7. The fourth-order valence-corrected chi connectivity index (χ4v) is 4.94. The van der Waals surface area contributed by atoms with Crippen molar-refractivity contribution in [2.75, 3.05) is 24.5 Å². The molecule has 0 amide bonds. The normalized spacial score (nSPS) is 23.1. The minimum absolute atomic E-state index is 0.201. The van der Waals surface area contributed by atoms with Gasteiger partial charge in [0.15, 0.2) is 5.13 Å². The van der Waals surface area contributed by atoms with E-state index in [1.54, 1.807) is 23.5 Å². The Morgan fingerprint density at radius 2 is 1.83 bits per heavy atom. The number of hydrogen-bond donors (Lipinski definition) is 0. The van der Waals surface area contributed by atoms with Crippen LogP contribution in [-0.4, -0.2) is 41.6 Å². The van der Waals surface area contributed by atoms with Crippen molar-refractivity contribution in [3.05, 3.63) is 35.5 Å². The summed E-state index contributed by atoms with van der Waals surface area (Å²) in [7, 11) is 0. The fraction of sp³-hybridized carbons (Fsp3) is 0.526. The van der Waals surface area contributed by atoms with Crippen molar-refractivity contribution in [1.82, 2.24) is 9.88 Å². The average molecular weight is 345 g/mol. The second-order valence-corrected chi connectivity index (χ2v) is 7.81. The van der Waals surface area contributed by atoms with E-state index < -0.39 is 0 Å². The smallest absolute Gasteiger partial charge is 0.185 e. The molecule has 3 nitrogen and oxygen atoms in total. The summed E-state index contributed by atoms with van der Waals surface area (Å²) in [5, 5.41) is 3.18. The number of piperidine rings is 1. The Morgan fingerprint density at radius 1 is 1.08 bits per heavy atom. The highest BCUT2D eigenvalue weighted by molar-refractivity contribution is 7.14. The summed E-state index contributed by atoms with van der Waals surface area (Å²) in [6, 6.07) is 8.10. The van der Waals surface area contributed by atoms with Crippen LogP contribution in [0.4, 0.5) is 9.52 Å². The molecular weight excluding hydrogens is 321 g/mol. The SMILES string of the molecule is CC1CCCN1C1CCN(c2nc(-c3ccc(F)cc3)cs2)CC1.